The van der Waals surface area contributed by atoms with Crippen molar-refractivity contribution in [2.24, 2.45) is 0 Å². The molecule has 1 atom stereocenters. The lowest BCUT2D eigenvalue weighted by atomic mass is 10.1. The molecule has 1 saturated heterocycles. The molecule has 8 heteroatoms. The van der Waals surface area contributed by atoms with E-state index >= 15 is 0 Å². The van der Waals surface area contributed by atoms with Gasteiger partial charge in [0, 0.05) is 13.1 Å². The number of hydrogen-bond acceptors (Lipinski definition) is 4. The number of benzene rings is 2. The van der Waals surface area contributed by atoms with Crippen LogP contribution in [0.15, 0.2) is 42.5 Å². The Bertz CT molecular complexity index is 927. The second-order valence-corrected chi connectivity index (χ2v) is 7.49. The number of ether oxygens (including phenoxy) is 1. The molecule has 4 rings (SSSR count). The molecule has 1 N–H and O–H groups in total. The van der Waals surface area contributed by atoms with Crippen molar-refractivity contribution in [2.75, 3.05) is 36.4 Å². The number of carbonyl (C=O) groups is 2. The van der Waals surface area contributed by atoms with Crippen molar-refractivity contribution in [2.45, 2.75) is 25.4 Å². The monoisotopic (exact) mass is 415 g/mol. The first kappa shape index (κ1) is 20.1. The maximum absolute atomic E-state index is 13.9. The molecule has 2 aliphatic rings. The third-order valence-corrected chi connectivity index (χ3v) is 5.37. The summed E-state index contributed by atoms with van der Waals surface area (Å²) in [7, 11) is 0. The number of fused-ring (bicyclic) bond motifs is 1. The van der Waals surface area contributed by atoms with Crippen LogP contribution in [-0.2, 0) is 9.59 Å². The van der Waals surface area contributed by atoms with E-state index in [0.717, 1.165) is 31.4 Å². The molecule has 2 heterocycles. The van der Waals surface area contributed by atoms with Crippen LogP contribution in [0, 0.1) is 11.6 Å². The van der Waals surface area contributed by atoms with Gasteiger partial charge >= 0.3 is 0 Å². The van der Waals surface area contributed by atoms with Crippen molar-refractivity contribution >= 4 is 23.2 Å². The van der Waals surface area contributed by atoms with Crippen molar-refractivity contribution in [3.8, 4) is 5.75 Å². The molecule has 0 radical (unpaired) electrons. The van der Waals surface area contributed by atoms with Gasteiger partial charge in [0.1, 0.15) is 23.1 Å². The SMILES string of the molecule is O=C(CN1C[C@H](C(=O)N2CCCCC2)Oc2ccccc21)Nc1c(F)cccc1F. The minimum Gasteiger partial charge on any atom is -0.477 e. The quantitative estimate of drug-likeness (QED) is 0.833. The Morgan fingerprint density at radius 2 is 1.70 bits per heavy atom. The van der Waals surface area contributed by atoms with E-state index in [9.17, 15) is 18.4 Å². The Morgan fingerprint density at radius 3 is 2.43 bits per heavy atom. The number of piperidine rings is 1. The van der Waals surface area contributed by atoms with Crippen LogP contribution in [0.2, 0.25) is 0 Å². The summed E-state index contributed by atoms with van der Waals surface area (Å²) in [5.41, 5.74) is 0.175. The van der Waals surface area contributed by atoms with Crippen LogP contribution in [-0.4, -0.2) is 49.0 Å². The number of anilines is 2. The highest BCUT2D eigenvalue weighted by Gasteiger charge is 2.34. The minimum atomic E-state index is -0.844. The molecule has 0 spiro atoms. The van der Waals surface area contributed by atoms with Crippen molar-refractivity contribution < 1.29 is 23.1 Å². The van der Waals surface area contributed by atoms with Crippen molar-refractivity contribution in [3.05, 3.63) is 54.1 Å². The van der Waals surface area contributed by atoms with Crippen molar-refractivity contribution in [3.63, 3.8) is 0 Å². The van der Waals surface area contributed by atoms with Gasteiger partial charge in [-0.15, -0.1) is 0 Å². The molecule has 1 fully saturated rings. The van der Waals surface area contributed by atoms with E-state index < -0.39 is 29.3 Å². The Kier molecular flexibility index (Phi) is 5.83. The summed E-state index contributed by atoms with van der Waals surface area (Å²) in [6, 6.07) is 10.5. The number of amides is 2. The molecule has 0 bridgehead atoms. The van der Waals surface area contributed by atoms with Gasteiger partial charge in [0.2, 0.25) is 5.91 Å². The summed E-state index contributed by atoms with van der Waals surface area (Å²) in [4.78, 5) is 29.0. The zero-order valence-electron chi connectivity index (χ0n) is 16.4. The molecule has 2 aliphatic heterocycles. The number of carbonyl (C=O) groups excluding carboxylic acids is 2. The van der Waals surface area contributed by atoms with Crippen LogP contribution < -0.4 is 15.0 Å². The van der Waals surface area contributed by atoms with E-state index in [-0.39, 0.29) is 19.0 Å². The summed E-state index contributed by atoms with van der Waals surface area (Å²) in [6.45, 7) is 1.41. The Hall–Kier alpha value is -3.16. The van der Waals surface area contributed by atoms with Crippen molar-refractivity contribution in [1.29, 1.82) is 0 Å². The molecule has 2 aromatic carbocycles. The zero-order valence-corrected chi connectivity index (χ0v) is 16.4. The second kappa shape index (κ2) is 8.69. The van der Waals surface area contributed by atoms with Crippen molar-refractivity contribution in [1.82, 2.24) is 4.90 Å². The van der Waals surface area contributed by atoms with Crippen LogP contribution in [0.1, 0.15) is 19.3 Å². The minimum absolute atomic E-state index is 0.102. The van der Waals surface area contributed by atoms with Crippen LogP contribution in [0.25, 0.3) is 0 Å². The van der Waals surface area contributed by atoms with Gasteiger partial charge in [-0.3, -0.25) is 9.59 Å². The molecule has 2 aromatic rings. The second-order valence-electron chi connectivity index (χ2n) is 7.49. The Balaban J connectivity index is 1.51. The lowest BCUT2D eigenvalue weighted by molar-refractivity contribution is -0.139. The van der Waals surface area contributed by atoms with Gasteiger partial charge in [-0.2, -0.15) is 0 Å². The molecular formula is C22H23F2N3O3. The van der Waals surface area contributed by atoms with Gasteiger partial charge in [-0.25, -0.2) is 8.78 Å². The normalized spacial score (nSPS) is 18.4. The maximum atomic E-state index is 13.9. The van der Waals surface area contributed by atoms with E-state index in [4.69, 9.17) is 4.74 Å². The summed E-state index contributed by atoms with van der Waals surface area (Å²) >= 11 is 0. The van der Waals surface area contributed by atoms with Gasteiger partial charge < -0.3 is 19.9 Å². The molecule has 2 amide bonds. The summed E-state index contributed by atoms with van der Waals surface area (Å²) < 4.78 is 33.7. The Labute approximate surface area is 173 Å². The Morgan fingerprint density at radius 1 is 1.00 bits per heavy atom. The number of hydrogen-bond donors (Lipinski definition) is 1. The number of nitrogens with one attached hydrogen (secondary N) is 1. The highest BCUT2D eigenvalue weighted by Crippen LogP contribution is 2.33. The van der Waals surface area contributed by atoms with E-state index in [2.05, 4.69) is 5.32 Å². The number of rotatable bonds is 4. The van der Waals surface area contributed by atoms with E-state index in [1.54, 1.807) is 34.1 Å². The van der Waals surface area contributed by atoms with Gasteiger partial charge in [0.05, 0.1) is 18.8 Å². The molecule has 0 saturated carbocycles. The highest BCUT2D eigenvalue weighted by atomic mass is 19.1. The fraction of sp³-hybridized carbons (Fsp3) is 0.364. The van der Waals surface area contributed by atoms with Gasteiger partial charge in [-0.05, 0) is 43.5 Å². The van der Waals surface area contributed by atoms with Crippen LogP contribution in [0.4, 0.5) is 20.2 Å². The number of likely N-dealkylation sites (tertiary alicyclic amines) is 1. The average molecular weight is 415 g/mol. The lowest BCUT2D eigenvalue weighted by Gasteiger charge is -2.38. The van der Waals surface area contributed by atoms with Crippen LogP contribution in [0.3, 0.4) is 0 Å². The molecule has 0 unspecified atom stereocenters. The molecular weight excluding hydrogens is 392 g/mol. The van der Waals surface area contributed by atoms with Gasteiger partial charge in [-0.1, -0.05) is 18.2 Å². The highest BCUT2D eigenvalue weighted by molar-refractivity contribution is 5.95. The third-order valence-electron chi connectivity index (χ3n) is 5.37. The maximum Gasteiger partial charge on any atom is 0.265 e. The summed E-state index contributed by atoms with van der Waals surface area (Å²) in [5.74, 6) is -1.87. The molecule has 0 aliphatic carbocycles. The average Bonchev–Trinajstić information content (AvgIpc) is 2.76. The molecule has 6 nitrogen and oxygen atoms in total. The van der Waals surface area contributed by atoms with E-state index in [0.29, 0.717) is 24.5 Å². The smallest absolute Gasteiger partial charge is 0.265 e. The predicted octanol–water partition coefficient (Wildman–Crippen LogP) is 3.18. The summed E-state index contributed by atoms with van der Waals surface area (Å²) in [6.07, 6.45) is 2.30. The third kappa shape index (κ3) is 4.22. The largest absolute Gasteiger partial charge is 0.477 e. The zero-order chi connectivity index (χ0) is 21.1. The number of nitrogens with zero attached hydrogens (tertiary/aromatic N) is 2. The fourth-order valence-electron chi connectivity index (χ4n) is 3.87. The first-order valence-electron chi connectivity index (χ1n) is 10.1. The molecule has 0 aromatic heterocycles. The first-order chi connectivity index (χ1) is 14.5. The molecule has 158 valence electrons. The number of halogens is 2. The predicted molar refractivity (Wildman–Crippen MR) is 108 cm³/mol. The molecule has 30 heavy (non-hydrogen) atoms. The number of para-hydroxylation sites is 3. The van der Waals surface area contributed by atoms with Gasteiger partial charge in [0.25, 0.3) is 5.91 Å². The topological polar surface area (TPSA) is 61.9 Å². The fourth-order valence-corrected chi connectivity index (χ4v) is 3.87. The standard InChI is InChI=1S/C22H23F2N3O3/c23-15-7-6-8-16(24)21(15)25-20(28)14-27-13-19(22(29)26-11-4-1-5-12-26)30-18-10-3-2-9-17(18)27/h2-3,6-10,19H,1,4-5,11-14H2,(H,25,28)/t19-/m1/s1. The van der Waals surface area contributed by atoms with Crippen LogP contribution >= 0.6 is 0 Å². The van der Waals surface area contributed by atoms with E-state index in [1.165, 1.54) is 6.07 Å². The van der Waals surface area contributed by atoms with Crippen LogP contribution in [0.5, 0.6) is 5.75 Å². The first-order valence-corrected chi connectivity index (χ1v) is 10.1. The van der Waals surface area contributed by atoms with Gasteiger partial charge in [0.15, 0.2) is 6.10 Å². The summed E-state index contributed by atoms with van der Waals surface area (Å²) in [5, 5.41) is 2.30. The lowest BCUT2D eigenvalue weighted by Crippen LogP contribution is -2.52. The van der Waals surface area contributed by atoms with E-state index in [1.807, 2.05) is 0 Å².